The van der Waals surface area contributed by atoms with E-state index in [0.29, 0.717) is 6.61 Å². The average molecular weight is 278 g/mol. The maximum atomic E-state index is 8.82. The van der Waals surface area contributed by atoms with Gasteiger partial charge in [0.1, 0.15) is 0 Å². The van der Waals surface area contributed by atoms with Gasteiger partial charge in [-0.1, -0.05) is 18.2 Å². The van der Waals surface area contributed by atoms with Crippen LogP contribution >= 0.6 is 0 Å². The quantitative estimate of drug-likeness (QED) is 0.822. The van der Waals surface area contributed by atoms with Crippen molar-refractivity contribution in [1.29, 1.82) is 0 Å². The summed E-state index contributed by atoms with van der Waals surface area (Å²) >= 11 is 0. The number of piperidine rings is 1. The van der Waals surface area contributed by atoms with Gasteiger partial charge in [-0.05, 0) is 31.5 Å². The normalized spacial score (nSPS) is 20.0. The van der Waals surface area contributed by atoms with Crippen LogP contribution in [-0.4, -0.2) is 62.6 Å². The minimum Gasteiger partial charge on any atom is -0.394 e. The second-order valence-electron chi connectivity index (χ2n) is 5.42. The third-order valence-corrected chi connectivity index (χ3v) is 3.86. The first kappa shape index (κ1) is 15.3. The number of ether oxygens (including phenoxy) is 1. The summed E-state index contributed by atoms with van der Waals surface area (Å²) in [5, 5.41) is 8.82. The summed E-state index contributed by atoms with van der Waals surface area (Å²) in [6.07, 6.45) is 2.59. The summed E-state index contributed by atoms with van der Waals surface area (Å²) in [5.74, 6) is 0. The third kappa shape index (κ3) is 4.78. The molecule has 1 aliphatic rings. The maximum absolute atomic E-state index is 8.82. The van der Waals surface area contributed by atoms with Crippen LogP contribution in [0.3, 0.4) is 0 Å². The van der Waals surface area contributed by atoms with Gasteiger partial charge in [-0.2, -0.15) is 0 Å². The SMILES string of the molecule is CN(CCN1CCC[C@H](OCCO)C1)c1ccccc1. The molecule has 1 aromatic rings. The van der Waals surface area contributed by atoms with Crippen molar-refractivity contribution in [2.75, 3.05) is 51.3 Å². The predicted molar refractivity (Wildman–Crippen MR) is 82.2 cm³/mol. The third-order valence-electron chi connectivity index (χ3n) is 3.86. The molecule has 0 amide bonds. The zero-order valence-corrected chi connectivity index (χ0v) is 12.4. The maximum Gasteiger partial charge on any atom is 0.0703 e. The van der Waals surface area contributed by atoms with Crippen LogP contribution in [0.4, 0.5) is 5.69 Å². The minimum absolute atomic E-state index is 0.118. The molecular weight excluding hydrogens is 252 g/mol. The van der Waals surface area contributed by atoms with Gasteiger partial charge in [0, 0.05) is 32.4 Å². The highest BCUT2D eigenvalue weighted by molar-refractivity contribution is 5.44. The summed E-state index contributed by atoms with van der Waals surface area (Å²) in [5.41, 5.74) is 1.26. The number of benzene rings is 1. The smallest absolute Gasteiger partial charge is 0.0703 e. The van der Waals surface area contributed by atoms with Gasteiger partial charge in [-0.25, -0.2) is 0 Å². The Kier molecular flexibility index (Phi) is 6.30. The van der Waals surface area contributed by atoms with Crippen LogP contribution < -0.4 is 4.90 Å². The van der Waals surface area contributed by atoms with Crippen LogP contribution in [0.15, 0.2) is 30.3 Å². The number of para-hydroxylation sites is 1. The fourth-order valence-corrected chi connectivity index (χ4v) is 2.67. The van der Waals surface area contributed by atoms with E-state index >= 15 is 0 Å². The first-order valence-corrected chi connectivity index (χ1v) is 7.50. The average Bonchev–Trinajstić information content (AvgIpc) is 2.52. The highest BCUT2D eigenvalue weighted by Crippen LogP contribution is 2.14. The zero-order chi connectivity index (χ0) is 14.2. The van der Waals surface area contributed by atoms with Gasteiger partial charge in [-0.3, -0.25) is 4.90 Å². The van der Waals surface area contributed by atoms with Crippen LogP contribution in [-0.2, 0) is 4.74 Å². The number of hydrogen-bond donors (Lipinski definition) is 1. The lowest BCUT2D eigenvalue weighted by Gasteiger charge is -2.33. The Labute approximate surface area is 122 Å². The van der Waals surface area contributed by atoms with Crippen LogP contribution in [0.1, 0.15) is 12.8 Å². The molecule has 1 saturated heterocycles. The summed E-state index contributed by atoms with van der Waals surface area (Å²) in [6, 6.07) is 10.5. The molecule has 1 heterocycles. The van der Waals surface area contributed by atoms with Gasteiger partial charge in [-0.15, -0.1) is 0 Å². The minimum atomic E-state index is 0.118. The van der Waals surface area contributed by atoms with Gasteiger partial charge in [0.25, 0.3) is 0 Å². The molecular formula is C16H26N2O2. The van der Waals surface area contributed by atoms with Gasteiger partial charge in [0.15, 0.2) is 0 Å². The molecule has 1 aliphatic heterocycles. The Hall–Kier alpha value is -1.10. The number of rotatable bonds is 7. The Morgan fingerprint density at radius 1 is 1.35 bits per heavy atom. The first-order valence-electron chi connectivity index (χ1n) is 7.50. The summed E-state index contributed by atoms with van der Waals surface area (Å²) < 4.78 is 5.65. The number of likely N-dealkylation sites (tertiary alicyclic amines) is 1. The lowest BCUT2D eigenvalue weighted by Crippen LogP contribution is -2.43. The van der Waals surface area contributed by atoms with Gasteiger partial charge in [0.05, 0.1) is 19.3 Å². The number of aliphatic hydroxyl groups excluding tert-OH is 1. The van der Waals surface area contributed by atoms with E-state index in [1.807, 2.05) is 6.07 Å². The summed E-state index contributed by atoms with van der Waals surface area (Å²) in [6.45, 7) is 4.81. The Bertz CT molecular complexity index is 372. The second kappa shape index (κ2) is 8.25. The molecule has 0 aliphatic carbocycles. The molecule has 2 rings (SSSR count). The topological polar surface area (TPSA) is 35.9 Å². The van der Waals surface area contributed by atoms with Crippen molar-refractivity contribution in [2.24, 2.45) is 0 Å². The molecule has 0 saturated carbocycles. The van der Waals surface area contributed by atoms with E-state index in [1.54, 1.807) is 0 Å². The standard InChI is InChI=1S/C16H26N2O2/c1-17(15-6-3-2-4-7-15)10-11-18-9-5-8-16(14-18)20-13-12-19/h2-4,6-7,16,19H,5,8-14H2,1H3/t16-/m0/s1. The van der Waals surface area contributed by atoms with Crippen LogP contribution in [0, 0.1) is 0 Å². The lowest BCUT2D eigenvalue weighted by molar-refractivity contribution is -0.0137. The molecule has 0 unspecified atom stereocenters. The lowest BCUT2D eigenvalue weighted by atomic mass is 10.1. The van der Waals surface area contributed by atoms with E-state index < -0.39 is 0 Å². The van der Waals surface area contributed by atoms with Crippen molar-refractivity contribution in [2.45, 2.75) is 18.9 Å². The van der Waals surface area contributed by atoms with Crippen molar-refractivity contribution >= 4 is 5.69 Å². The molecule has 0 bridgehead atoms. The van der Waals surface area contributed by atoms with E-state index in [0.717, 1.165) is 32.6 Å². The van der Waals surface area contributed by atoms with Gasteiger partial charge >= 0.3 is 0 Å². The predicted octanol–water partition coefficient (Wildman–Crippen LogP) is 1.60. The van der Waals surface area contributed by atoms with Gasteiger partial charge in [0.2, 0.25) is 0 Å². The number of anilines is 1. The Morgan fingerprint density at radius 2 is 2.15 bits per heavy atom. The molecule has 0 aromatic heterocycles. The molecule has 112 valence electrons. The number of nitrogens with zero attached hydrogens (tertiary/aromatic N) is 2. The summed E-state index contributed by atoms with van der Waals surface area (Å²) in [4.78, 5) is 4.75. The zero-order valence-electron chi connectivity index (χ0n) is 12.4. The summed E-state index contributed by atoms with van der Waals surface area (Å²) in [7, 11) is 2.14. The Morgan fingerprint density at radius 3 is 2.90 bits per heavy atom. The fraction of sp³-hybridized carbons (Fsp3) is 0.625. The Balaban J connectivity index is 1.73. The van der Waals surface area contributed by atoms with Crippen LogP contribution in [0.5, 0.6) is 0 Å². The van der Waals surface area contributed by atoms with Crippen molar-refractivity contribution in [1.82, 2.24) is 4.90 Å². The fourth-order valence-electron chi connectivity index (χ4n) is 2.67. The second-order valence-corrected chi connectivity index (χ2v) is 5.42. The number of likely N-dealkylation sites (N-methyl/N-ethyl adjacent to an activating group) is 1. The van der Waals surface area contributed by atoms with E-state index in [4.69, 9.17) is 9.84 Å². The first-order chi connectivity index (χ1) is 9.79. The largest absolute Gasteiger partial charge is 0.394 e. The highest BCUT2D eigenvalue weighted by atomic mass is 16.5. The molecule has 1 aromatic carbocycles. The molecule has 1 atom stereocenters. The van der Waals surface area contributed by atoms with Crippen molar-refractivity contribution in [3.05, 3.63) is 30.3 Å². The highest BCUT2D eigenvalue weighted by Gasteiger charge is 2.20. The van der Waals surface area contributed by atoms with Crippen molar-refractivity contribution < 1.29 is 9.84 Å². The molecule has 1 N–H and O–H groups in total. The van der Waals surface area contributed by atoms with Crippen molar-refractivity contribution in [3.63, 3.8) is 0 Å². The van der Waals surface area contributed by atoms with E-state index in [9.17, 15) is 0 Å². The van der Waals surface area contributed by atoms with Gasteiger partial charge < -0.3 is 14.7 Å². The molecule has 1 fully saturated rings. The number of aliphatic hydroxyl groups is 1. The van der Waals surface area contributed by atoms with Crippen LogP contribution in [0.25, 0.3) is 0 Å². The van der Waals surface area contributed by atoms with E-state index in [2.05, 4.69) is 41.1 Å². The van der Waals surface area contributed by atoms with E-state index in [1.165, 1.54) is 12.1 Å². The monoisotopic (exact) mass is 278 g/mol. The molecule has 4 heteroatoms. The molecule has 0 radical (unpaired) electrons. The number of hydrogen-bond acceptors (Lipinski definition) is 4. The molecule has 0 spiro atoms. The van der Waals surface area contributed by atoms with Crippen LogP contribution in [0.2, 0.25) is 0 Å². The van der Waals surface area contributed by atoms with E-state index in [-0.39, 0.29) is 12.7 Å². The van der Waals surface area contributed by atoms with Crippen molar-refractivity contribution in [3.8, 4) is 0 Å². The molecule has 4 nitrogen and oxygen atoms in total. The molecule has 20 heavy (non-hydrogen) atoms.